The third-order valence-corrected chi connectivity index (χ3v) is 4.37. The molecule has 1 heterocycles. The number of thioether (sulfide) groups is 1. The van der Waals surface area contributed by atoms with Gasteiger partial charge in [0.25, 0.3) is 0 Å². The van der Waals surface area contributed by atoms with Crippen LogP contribution in [0.5, 0.6) is 0 Å². The van der Waals surface area contributed by atoms with Crippen LogP contribution in [0.4, 0.5) is 5.69 Å². The lowest BCUT2D eigenvalue weighted by molar-refractivity contribution is -0.117. The van der Waals surface area contributed by atoms with Gasteiger partial charge in [-0.2, -0.15) is 0 Å². The molecule has 0 saturated heterocycles. The number of carbonyl (C=O) groups is 1. The van der Waals surface area contributed by atoms with Gasteiger partial charge >= 0.3 is 0 Å². The van der Waals surface area contributed by atoms with E-state index in [4.69, 9.17) is 11.6 Å². The van der Waals surface area contributed by atoms with Crippen molar-refractivity contribution in [3.63, 3.8) is 0 Å². The second-order valence-corrected chi connectivity index (χ2v) is 5.47. The average Bonchev–Trinajstić information content (AvgIpc) is 2.61. The molecule has 0 fully saturated rings. The van der Waals surface area contributed by atoms with Gasteiger partial charge in [0.2, 0.25) is 5.91 Å². The molecule has 2 rings (SSSR count). The van der Waals surface area contributed by atoms with Gasteiger partial charge < -0.3 is 10.6 Å². The summed E-state index contributed by atoms with van der Waals surface area (Å²) in [6, 6.07) is 3.56. The Kier molecular flexibility index (Phi) is 3.97. The Labute approximate surface area is 110 Å². The molecule has 2 N–H and O–H groups in total. The molecule has 0 saturated carbocycles. The molecule has 0 spiro atoms. The smallest absolute Gasteiger partial charge is 0.246 e. The van der Waals surface area contributed by atoms with E-state index in [1.54, 1.807) is 18.8 Å². The molecule has 1 amide bonds. The first kappa shape index (κ1) is 12.7. The zero-order valence-corrected chi connectivity index (χ0v) is 11.4. The zero-order valence-electron chi connectivity index (χ0n) is 9.84. The number of fused-ring (bicyclic) bond motifs is 1. The molecule has 92 valence electrons. The fraction of sp³-hybridized carbons (Fsp3) is 0.417. The van der Waals surface area contributed by atoms with E-state index in [1.165, 1.54) is 0 Å². The van der Waals surface area contributed by atoms with Gasteiger partial charge in [-0.05, 0) is 31.4 Å². The molecule has 1 unspecified atom stereocenters. The van der Waals surface area contributed by atoms with E-state index in [-0.39, 0.29) is 11.9 Å². The second kappa shape index (κ2) is 5.29. The van der Waals surface area contributed by atoms with Crippen molar-refractivity contribution in [2.24, 2.45) is 0 Å². The van der Waals surface area contributed by atoms with Crippen LogP contribution >= 0.6 is 23.4 Å². The number of halogens is 1. The topological polar surface area (TPSA) is 41.1 Å². The largest absolute Gasteiger partial charge is 0.324 e. The van der Waals surface area contributed by atoms with Crippen molar-refractivity contribution in [2.45, 2.75) is 24.3 Å². The van der Waals surface area contributed by atoms with Gasteiger partial charge in [-0.15, -0.1) is 11.8 Å². The molecule has 1 aliphatic heterocycles. The van der Waals surface area contributed by atoms with Crippen molar-refractivity contribution in [1.82, 2.24) is 5.32 Å². The fourth-order valence-electron chi connectivity index (χ4n) is 1.87. The molecule has 1 aromatic carbocycles. The first-order valence-corrected chi connectivity index (χ1v) is 6.98. The van der Waals surface area contributed by atoms with Crippen molar-refractivity contribution in [3.05, 3.63) is 22.7 Å². The van der Waals surface area contributed by atoms with Crippen LogP contribution in [0, 0.1) is 0 Å². The van der Waals surface area contributed by atoms with Crippen molar-refractivity contribution in [1.29, 1.82) is 0 Å². The molecule has 1 aliphatic rings. The van der Waals surface area contributed by atoms with E-state index < -0.39 is 0 Å². The summed E-state index contributed by atoms with van der Waals surface area (Å²) in [5, 5.41) is 6.57. The number of hydrogen-bond donors (Lipinski definition) is 2. The van der Waals surface area contributed by atoms with E-state index in [0.29, 0.717) is 0 Å². The van der Waals surface area contributed by atoms with Crippen LogP contribution < -0.4 is 10.6 Å². The molecule has 17 heavy (non-hydrogen) atoms. The van der Waals surface area contributed by atoms with Gasteiger partial charge in [-0.3, -0.25) is 4.79 Å². The lowest BCUT2D eigenvalue weighted by Crippen LogP contribution is -2.23. The Bertz CT molecular complexity index is 450. The van der Waals surface area contributed by atoms with Gasteiger partial charge in [-0.1, -0.05) is 18.5 Å². The van der Waals surface area contributed by atoms with Gasteiger partial charge in [-0.25, -0.2) is 0 Å². The highest BCUT2D eigenvalue weighted by Gasteiger charge is 2.30. The van der Waals surface area contributed by atoms with Crippen LogP contribution in [-0.4, -0.2) is 18.7 Å². The quantitative estimate of drug-likeness (QED) is 0.827. The highest BCUT2D eigenvalue weighted by atomic mass is 35.5. The van der Waals surface area contributed by atoms with E-state index in [2.05, 4.69) is 17.6 Å². The molecular formula is C12H15ClN2OS. The normalized spacial score (nSPS) is 18.1. The van der Waals surface area contributed by atoms with Gasteiger partial charge in [0.15, 0.2) is 0 Å². The third-order valence-electron chi connectivity index (χ3n) is 2.69. The van der Waals surface area contributed by atoms with E-state index in [9.17, 15) is 4.79 Å². The summed E-state index contributed by atoms with van der Waals surface area (Å²) in [6.45, 7) is 2.13. The van der Waals surface area contributed by atoms with Crippen molar-refractivity contribution < 1.29 is 4.79 Å². The third kappa shape index (κ3) is 2.44. The predicted molar refractivity (Wildman–Crippen MR) is 72.9 cm³/mol. The number of likely N-dealkylation sites (N-methyl/N-ethyl adjacent to an activating group) is 1. The molecule has 0 aromatic heterocycles. The Balaban J connectivity index is 2.33. The number of amides is 1. The minimum atomic E-state index is -0.285. The standard InChI is InChI=1S/C12H15ClN2OS/c1-3-4-17-10-6-9-7(5-8(10)13)11(14-2)12(16)15-9/h5-6,11,14H,3-4H2,1-2H3,(H,15,16). The zero-order chi connectivity index (χ0) is 12.4. The molecule has 0 aliphatic carbocycles. The van der Waals surface area contributed by atoms with Crippen LogP contribution in [-0.2, 0) is 4.79 Å². The van der Waals surface area contributed by atoms with E-state index >= 15 is 0 Å². The molecule has 0 bridgehead atoms. The average molecular weight is 271 g/mol. The molecule has 0 radical (unpaired) electrons. The van der Waals surface area contributed by atoms with Gasteiger partial charge in [0.1, 0.15) is 6.04 Å². The second-order valence-electron chi connectivity index (χ2n) is 3.93. The number of hydrogen-bond acceptors (Lipinski definition) is 3. The summed E-state index contributed by atoms with van der Waals surface area (Å²) in [7, 11) is 1.77. The Morgan fingerprint density at radius 2 is 2.29 bits per heavy atom. The maximum atomic E-state index is 11.7. The number of anilines is 1. The minimum Gasteiger partial charge on any atom is -0.324 e. The molecule has 1 aromatic rings. The predicted octanol–water partition coefficient (Wildman–Crippen LogP) is 3.05. The number of nitrogens with one attached hydrogen (secondary N) is 2. The van der Waals surface area contributed by atoms with Crippen LogP contribution in [0.25, 0.3) is 0 Å². The Morgan fingerprint density at radius 3 is 2.94 bits per heavy atom. The van der Waals surface area contributed by atoms with Crippen molar-refractivity contribution in [3.8, 4) is 0 Å². The van der Waals surface area contributed by atoms with Crippen LogP contribution in [0.15, 0.2) is 17.0 Å². The molecule has 3 nitrogen and oxygen atoms in total. The summed E-state index contributed by atoms with van der Waals surface area (Å²) in [5.41, 5.74) is 1.81. The monoisotopic (exact) mass is 270 g/mol. The maximum Gasteiger partial charge on any atom is 0.246 e. The van der Waals surface area contributed by atoms with Crippen LogP contribution in [0.1, 0.15) is 24.9 Å². The fourth-order valence-corrected chi connectivity index (χ4v) is 3.03. The number of benzene rings is 1. The van der Waals surface area contributed by atoms with E-state index in [1.807, 2.05) is 12.1 Å². The lowest BCUT2D eigenvalue weighted by Gasteiger charge is -2.09. The summed E-state index contributed by atoms with van der Waals surface area (Å²) in [4.78, 5) is 12.7. The minimum absolute atomic E-state index is 0.0174. The summed E-state index contributed by atoms with van der Waals surface area (Å²) >= 11 is 7.95. The van der Waals surface area contributed by atoms with E-state index in [0.717, 1.165) is 33.3 Å². The Morgan fingerprint density at radius 1 is 1.53 bits per heavy atom. The summed E-state index contributed by atoms with van der Waals surface area (Å²) < 4.78 is 0. The first-order valence-electron chi connectivity index (χ1n) is 5.61. The maximum absolute atomic E-state index is 11.7. The van der Waals surface area contributed by atoms with Crippen molar-refractivity contribution in [2.75, 3.05) is 18.1 Å². The van der Waals surface area contributed by atoms with Crippen LogP contribution in [0.2, 0.25) is 5.02 Å². The highest BCUT2D eigenvalue weighted by molar-refractivity contribution is 7.99. The number of carbonyl (C=O) groups excluding carboxylic acids is 1. The van der Waals surface area contributed by atoms with Gasteiger partial charge in [0, 0.05) is 16.1 Å². The van der Waals surface area contributed by atoms with Gasteiger partial charge in [0.05, 0.1) is 5.02 Å². The molecule has 5 heteroatoms. The molecule has 1 atom stereocenters. The highest BCUT2D eigenvalue weighted by Crippen LogP contribution is 2.38. The molecular weight excluding hydrogens is 256 g/mol. The first-order chi connectivity index (χ1) is 8.17. The SMILES string of the molecule is CCCSc1cc2c(cc1Cl)C(NC)C(=O)N2. The number of rotatable bonds is 4. The lowest BCUT2D eigenvalue weighted by atomic mass is 10.1. The van der Waals surface area contributed by atoms with Crippen LogP contribution in [0.3, 0.4) is 0 Å². The summed E-state index contributed by atoms with van der Waals surface area (Å²) in [6.07, 6.45) is 1.10. The summed E-state index contributed by atoms with van der Waals surface area (Å²) in [5.74, 6) is 1.01. The Hall–Kier alpha value is -0.710. The van der Waals surface area contributed by atoms with Crippen molar-refractivity contribution >= 4 is 35.0 Å².